The number of hydrogen-bond donors (Lipinski definition) is 2. The van der Waals surface area contributed by atoms with Gasteiger partial charge in [-0.2, -0.15) is 0 Å². The number of hydrogen-bond acceptors (Lipinski definition) is 5. The van der Waals surface area contributed by atoms with E-state index < -0.39 is 17.2 Å². The number of amides is 1. The number of nitrogen functional groups attached to an aromatic ring is 1. The third kappa shape index (κ3) is 3.09. The first-order valence-corrected chi connectivity index (χ1v) is 7.47. The monoisotopic (exact) mass is 340 g/mol. The van der Waals surface area contributed by atoms with Crippen molar-refractivity contribution >= 4 is 17.4 Å². The van der Waals surface area contributed by atoms with Crippen molar-refractivity contribution in [1.29, 1.82) is 0 Å². The molecular weight excluding hydrogens is 324 g/mol. The van der Waals surface area contributed by atoms with Crippen LogP contribution < -0.4 is 21.9 Å². The number of nitrogens with zero attached hydrogens (tertiary/aromatic N) is 2. The van der Waals surface area contributed by atoms with Crippen LogP contribution in [0, 0.1) is 0 Å². The summed E-state index contributed by atoms with van der Waals surface area (Å²) in [6.45, 7) is 0.165. The maximum absolute atomic E-state index is 12.4. The molecule has 3 aromatic rings. The molecule has 0 saturated carbocycles. The summed E-state index contributed by atoms with van der Waals surface area (Å²) in [7, 11) is 1.39. The van der Waals surface area contributed by atoms with Gasteiger partial charge in [0.25, 0.3) is 11.5 Å². The van der Waals surface area contributed by atoms with E-state index in [9.17, 15) is 14.4 Å². The SMILES string of the molecule is CN(C(=O)c1ccco1)c1c(N)n(Cc2ccccc2)c(=O)[nH]c1=O. The highest BCUT2D eigenvalue weighted by Gasteiger charge is 2.23. The average Bonchev–Trinajstić information content (AvgIpc) is 3.13. The Bertz CT molecular complexity index is 1000. The molecule has 2 heterocycles. The lowest BCUT2D eigenvalue weighted by Gasteiger charge is -2.19. The second kappa shape index (κ2) is 6.52. The Morgan fingerprint density at radius 3 is 2.56 bits per heavy atom. The summed E-state index contributed by atoms with van der Waals surface area (Å²) < 4.78 is 6.26. The number of nitrogens with one attached hydrogen (secondary N) is 1. The number of anilines is 2. The van der Waals surface area contributed by atoms with Gasteiger partial charge in [0.05, 0.1) is 12.8 Å². The summed E-state index contributed by atoms with van der Waals surface area (Å²) in [6, 6.07) is 12.2. The average molecular weight is 340 g/mol. The molecule has 0 spiro atoms. The third-order valence-corrected chi connectivity index (χ3v) is 3.77. The summed E-state index contributed by atoms with van der Waals surface area (Å²) in [5, 5.41) is 0. The molecule has 0 atom stereocenters. The second-order valence-corrected chi connectivity index (χ2v) is 5.41. The number of carbonyl (C=O) groups excluding carboxylic acids is 1. The number of rotatable bonds is 4. The van der Waals surface area contributed by atoms with Crippen LogP contribution in [-0.4, -0.2) is 22.5 Å². The Morgan fingerprint density at radius 2 is 1.92 bits per heavy atom. The van der Waals surface area contributed by atoms with Crippen LogP contribution in [0.1, 0.15) is 16.1 Å². The lowest BCUT2D eigenvalue weighted by molar-refractivity contribution is 0.0966. The van der Waals surface area contributed by atoms with Crippen molar-refractivity contribution in [3.63, 3.8) is 0 Å². The van der Waals surface area contributed by atoms with Gasteiger partial charge >= 0.3 is 5.69 Å². The molecule has 0 aliphatic heterocycles. The Balaban J connectivity index is 2.05. The molecular formula is C17H16N4O4. The minimum absolute atomic E-state index is 0.0575. The zero-order chi connectivity index (χ0) is 18.0. The third-order valence-electron chi connectivity index (χ3n) is 3.77. The van der Waals surface area contributed by atoms with E-state index in [1.54, 1.807) is 6.07 Å². The van der Waals surface area contributed by atoms with Gasteiger partial charge < -0.3 is 15.1 Å². The zero-order valence-electron chi connectivity index (χ0n) is 13.4. The first-order valence-electron chi connectivity index (χ1n) is 7.47. The minimum atomic E-state index is -0.741. The number of nitrogens with two attached hydrogens (primary N) is 1. The predicted molar refractivity (Wildman–Crippen MR) is 92.7 cm³/mol. The number of benzene rings is 1. The van der Waals surface area contributed by atoms with Crippen molar-refractivity contribution in [2.45, 2.75) is 6.54 Å². The molecule has 8 heteroatoms. The second-order valence-electron chi connectivity index (χ2n) is 5.41. The molecule has 0 fully saturated rings. The van der Waals surface area contributed by atoms with E-state index in [0.717, 1.165) is 10.5 Å². The lowest BCUT2D eigenvalue weighted by Crippen LogP contribution is -2.39. The maximum atomic E-state index is 12.4. The number of carbonyl (C=O) groups is 1. The van der Waals surface area contributed by atoms with Gasteiger partial charge in [0.15, 0.2) is 11.4 Å². The van der Waals surface area contributed by atoms with Gasteiger partial charge in [0, 0.05) is 7.05 Å². The fourth-order valence-electron chi connectivity index (χ4n) is 2.49. The molecule has 1 aromatic carbocycles. The van der Waals surface area contributed by atoms with Gasteiger partial charge in [-0.15, -0.1) is 0 Å². The molecule has 0 bridgehead atoms. The van der Waals surface area contributed by atoms with E-state index in [1.165, 1.54) is 23.9 Å². The number of aromatic amines is 1. The van der Waals surface area contributed by atoms with E-state index in [2.05, 4.69) is 4.98 Å². The molecule has 3 rings (SSSR count). The minimum Gasteiger partial charge on any atom is -0.459 e. The van der Waals surface area contributed by atoms with Crippen LogP contribution in [0.5, 0.6) is 0 Å². The lowest BCUT2D eigenvalue weighted by atomic mass is 10.2. The molecule has 0 aliphatic carbocycles. The van der Waals surface area contributed by atoms with E-state index in [-0.39, 0.29) is 23.8 Å². The molecule has 2 aromatic heterocycles. The quantitative estimate of drug-likeness (QED) is 0.736. The van der Waals surface area contributed by atoms with Crippen molar-refractivity contribution in [3.05, 3.63) is 80.9 Å². The fourth-order valence-corrected chi connectivity index (χ4v) is 2.49. The highest BCUT2D eigenvalue weighted by molar-refractivity contribution is 6.05. The topological polar surface area (TPSA) is 114 Å². The summed E-state index contributed by atoms with van der Waals surface area (Å²) in [6.07, 6.45) is 1.35. The summed E-state index contributed by atoms with van der Waals surface area (Å²) in [5.41, 5.74) is 5.37. The molecule has 8 nitrogen and oxygen atoms in total. The van der Waals surface area contributed by atoms with Gasteiger partial charge in [-0.05, 0) is 17.7 Å². The van der Waals surface area contributed by atoms with E-state index in [1.807, 2.05) is 30.3 Å². The summed E-state index contributed by atoms with van der Waals surface area (Å²) in [5.74, 6) is -0.589. The van der Waals surface area contributed by atoms with Crippen LogP contribution in [0.2, 0.25) is 0 Å². The normalized spacial score (nSPS) is 10.6. The van der Waals surface area contributed by atoms with Crippen LogP contribution in [0.3, 0.4) is 0 Å². The number of furan rings is 1. The Labute approximate surface area is 142 Å². The largest absolute Gasteiger partial charge is 0.459 e. The van der Waals surface area contributed by atoms with E-state index in [4.69, 9.17) is 10.2 Å². The van der Waals surface area contributed by atoms with Crippen LogP contribution in [0.4, 0.5) is 11.5 Å². The van der Waals surface area contributed by atoms with Crippen molar-refractivity contribution < 1.29 is 9.21 Å². The van der Waals surface area contributed by atoms with Crippen LogP contribution in [-0.2, 0) is 6.54 Å². The van der Waals surface area contributed by atoms with Crippen LogP contribution >= 0.6 is 0 Å². The zero-order valence-corrected chi connectivity index (χ0v) is 13.4. The van der Waals surface area contributed by atoms with Crippen LogP contribution in [0.25, 0.3) is 0 Å². The predicted octanol–water partition coefficient (Wildman–Crippen LogP) is 1.04. The van der Waals surface area contributed by atoms with Gasteiger partial charge in [-0.1, -0.05) is 30.3 Å². The van der Waals surface area contributed by atoms with E-state index in [0.29, 0.717) is 0 Å². The Morgan fingerprint density at radius 1 is 1.20 bits per heavy atom. The standard InChI is InChI=1S/C17H16N4O4/c1-20(16(23)12-8-5-9-25-12)13-14(18)21(17(24)19-15(13)22)10-11-6-3-2-4-7-11/h2-9H,10,18H2,1H3,(H,19,22,24). The molecule has 3 N–H and O–H groups in total. The van der Waals surface area contributed by atoms with Gasteiger partial charge in [0.1, 0.15) is 5.82 Å². The Kier molecular flexibility index (Phi) is 4.25. The summed E-state index contributed by atoms with van der Waals surface area (Å²) in [4.78, 5) is 40.0. The van der Waals surface area contributed by atoms with Gasteiger partial charge in [-0.25, -0.2) is 4.79 Å². The smallest absolute Gasteiger partial charge is 0.330 e. The van der Waals surface area contributed by atoms with E-state index >= 15 is 0 Å². The molecule has 25 heavy (non-hydrogen) atoms. The van der Waals surface area contributed by atoms with Crippen molar-refractivity contribution in [1.82, 2.24) is 9.55 Å². The van der Waals surface area contributed by atoms with Crippen molar-refractivity contribution in [2.75, 3.05) is 17.7 Å². The highest BCUT2D eigenvalue weighted by Crippen LogP contribution is 2.18. The van der Waals surface area contributed by atoms with Crippen molar-refractivity contribution in [3.8, 4) is 0 Å². The maximum Gasteiger partial charge on any atom is 0.330 e. The number of aromatic nitrogens is 2. The van der Waals surface area contributed by atoms with Gasteiger partial charge in [-0.3, -0.25) is 19.1 Å². The number of H-pyrrole nitrogens is 1. The molecule has 0 aliphatic rings. The fraction of sp³-hybridized carbons (Fsp3) is 0.118. The summed E-state index contributed by atoms with van der Waals surface area (Å²) >= 11 is 0. The molecule has 0 radical (unpaired) electrons. The van der Waals surface area contributed by atoms with Crippen molar-refractivity contribution in [2.24, 2.45) is 0 Å². The molecule has 0 unspecified atom stereocenters. The molecule has 128 valence electrons. The molecule has 1 amide bonds. The van der Waals surface area contributed by atoms with Gasteiger partial charge in [0.2, 0.25) is 0 Å². The highest BCUT2D eigenvalue weighted by atomic mass is 16.3. The molecule has 0 saturated heterocycles. The first-order chi connectivity index (χ1) is 12.0. The Hall–Kier alpha value is -3.55. The first kappa shape index (κ1) is 16.3. The van der Waals surface area contributed by atoms with Crippen LogP contribution in [0.15, 0.2) is 62.7 Å².